The van der Waals surface area contributed by atoms with Crippen molar-refractivity contribution >= 4 is 18.0 Å². The van der Waals surface area contributed by atoms with Gasteiger partial charge in [0.05, 0.1) is 0 Å². The first-order chi connectivity index (χ1) is 17.0. The minimum Gasteiger partial charge on any atom is -0.480 e. The van der Waals surface area contributed by atoms with Crippen LogP contribution in [0.2, 0.25) is 0 Å². The topological polar surface area (TPSA) is 105 Å². The summed E-state index contributed by atoms with van der Waals surface area (Å²) in [5, 5.41) is 14.8. The molecule has 7 heteroatoms. The third-order valence-corrected chi connectivity index (χ3v) is 7.34. The van der Waals surface area contributed by atoms with Gasteiger partial charge in [0.15, 0.2) is 0 Å². The third kappa shape index (κ3) is 5.84. The summed E-state index contributed by atoms with van der Waals surface area (Å²) in [5.41, 5.74) is 4.73. The standard InChI is InChI=1S/C28H34N2O5/c1-2-24(27(32)33)29-26(31)16-15-18-9-3-8-14-25(18)30-28(34)35-17-23-21-12-6-4-10-19(21)20-11-5-7-13-22(20)23/h4-7,10-13,18,23-25H,2-3,8-9,14-17H2,1H3,(H,29,31)(H,30,34)(H,32,33)/t18?,24-,25?/m0/s1. The molecule has 0 aliphatic heterocycles. The Labute approximate surface area is 206 Å². The van der Waals surface area contributed by atoms with Crippen LogP contribution >= 0.6 is 0 Å². The van der Waals surface area contributed by atoms with Gasteiger partial charge < -0.3 is 20.5 Å². The Hall–Kier alpha value is -3.35. The highest BCUT2D eigenvalue weighted by Crippen LogP contribution is 2.44. The number of carboxylic acids is 1. The molecule has 35 heavy (non-hydrogen) atoms. The Kier molecular flexibility index (Phi) is 8.06. The molecule has 7 nitrogen and oxygen atoms in total. The van der Waals surface area contributed by atoms with Crippen LogP contribution in [0.5, 0.6) is 0 Å². The second-order valence-corrected chi connectivity index (χ2v) is 9.53. The second-order valence-electron chi connectivity index (χ2n) is 9.53. The van der Waals surface area contributed by atoms with Crippen LogP contribution in [-0.2, 0) is 14.3 Å². The van der Waals surface area contributed by atoms with Crippen LogP contribution in [0.1, 0.15) is 68.9 Å². The molecule has 0 saturated heterocycles. The summed E-state index contributed by atoms with van der Waals surface area (Å²) in [5.74, 6) is -1.10. The van der Waals surface area contributed by atoms with Crippen LogP contribution in [-0.4, -0.2) is 41.8 Å². The number of rotatable bonds is 9. The van der Waals surface area contributed by atoms with Gasteiger partial charge in [0.2, 0.25) is 5.91 Å². The molecule has 1 saturated carbocycles. The number of carboxylic acid groups (broad SMARTS) is 1. The summed E-state index contributed by atoms with van der Waals surface area (Å²) in [4.78, 5) is 36.2. The first-order valence-corrected chi connectivity index (χ1v) is 12.6. The molecule has 1 fully saturated rings. The fraction of sp³-hybridized carbons (Fsp3) is 0.464. The van der Waals surface area contributed by atoms with Crippen molar-refractivity contribution in [3.63, 3.8) is 0 Å². The predicted octanol–water partition coefficient (Wildman–Crippen LogP) is 4.84. The lowest BCUT2D eigenvalue weighted by molar-refractivity contribution is -0.141. The maximum atomic E-state index is 12.8. The van der Waals surface area contributed by atoms with Gasteiger partial charge in [-0.05, 0) is 53.9 Å². The van der Waals surface area contributed by atoms with E-state index in [1.165, 1.54) is 22.3 Å². The first kappa shape index (κ1) is 24.8. The Bertz CT molecular complexity index is 1020. The maximum absolute atomic E-state index is 12.8. The molecule has 0 spiro atoms. The van der Waals surface area contributed by atoms with E-state index in [1.807, 2.05) is 24.3 Å². The van der Waals surface area contributed by atoms with E-state index >= 15 is 0 Å². The molecule has 0 heterocycles. The van der Waals surface area contributed by atoms with Gasteiger partial charge in [-0.2, -0.15) is 0 Å². The minimum absolute atomic E-state index is 0.0137. The summed E-state index contributed by atoms with van der Waals surface area (Å²) in [6.07, 6.45) is 4.63. The molecule has 4 rings (SSSR count). The van der Waals surface area contributed by atoms with Crippen molar-refractivity contribution in [1.29, 1.82) is 0 Å². The number of hydrogen-bond donors (Lipinski definition) is 3. The Morgan fingerprint density at radius 3 is 2.26 bits per heavy atom. The number of fused-ring (bicyclic) bond motifs is 3. The molecule has 2 unspecified atom stereocenters. The lowest BCUT2D eigenvalue weighted by Crippen LogP contribution is -2.44. The van der Waals surface area contributed by atoms with E-state index in [0.717, 1.165) is 25.7 Å². The zero-order chi connectivity index (χ0) is 24.8. The number of carbonyl (C=O) groups is 3. The molecule has 2 aliphatic rings. The fourth-order valence-corrected chi connectivity index (χ4v) is 5.46. The third-order valence-electron chi connectivity index (χ3n) is 7.34. The molecular formula is C28H34N2O5. The van der Waals surface area contributed by atoms with Gasteiger partial charge in [-0.1, -0.05) is 68.3 Å². The molecular weight excluding hydrogens is 444 g/mol. The molecule has 2 amide bonds. The number of carbonyl (C=O) groups excluding carboxylic acids is 2. The highest BCUT2D eigenvalue weighted by Gasteiger charge is 2.31. The largest absolute Gasteiger partial charge is 0.480 e. The summed E-state index contributed by atoms with van der Waals surface area (Å²) in [7, 11) is 0. The van der Waals surface area contributed by atoms with Gasteiger partial charge in [0, 0.05) is 18.4 Å². The number of amides is 2. The Morgan fingerprint density at radius 1 is 1.00 bits per heavy atom. The quantitative estimate of drug-likeness (QED) is 0.478. The zero-order valence-corrected chi connectivity index (χ0v) is 20.2. The van der Waals surface area contributed by atoms with E-state index in [9.17, 15) is 14.4 Å². The first-order valence-electron chi connectivity index (χ1n) is 12.6. The monoisotopic (exact) mass is 478 g/mol. The normalized spacial score (nSPS) is 19.8. The maximum Gasteiger partial charge on any atom is 0.407 e. The van der Waals surface area contributed by atoms with Crippen LogP contribution in [0.25, 0.3) is 11.1 Å². The molecule has 3 atom stereocenters. The molecule has 0 aromatic heterocycles. The number of aliphatic carboxylic acids is 1. The van der Waals surface area contributed by atoms with E-state index < -0.39 is 18.1 Å². The zero-order valence-electron chi connectivity index (χ0n) is 20.2. The van der Waals surface area contributed by atoms with Crippen molar-refractivity contribution in [3.05, 3.63) is 59.7 Å². The van der Waals surface area contributed by atoms with Gasteiger partial charge in [0.1, 0.15) is 12.6 Å². The average molecular weight is 479 g/mol. The SMILES string of the molecule is CC[C@H](NC(=O)CCC1CCCCC1NC(=O)OCC1c2ccccc2-c2ccccc21)C(=O)O. The summed E-state index contributed by atoms with van der Waals surface area (Å²) in [6, 6.07) is 15.6. The Balaban J connectivity index is 1.31. The molecule has 3 N–H and O–H groups in total. The van der Waals surface area contributed by atoms with Crippen LogP contribution in [0.3, 0.4) is 0 Å². The van der Waals surface area contributed by atoms with Crippen molar-refractivity contribution in [2.45, 2.75) is 69.9 Å². The summed E-state index contributed by atoms with van der Waals surface area (Å²) >= 11 is 0. The van der Waals surface area contributed by atoms with E-state index in [4.69, 9.17) is 9.84 Å². The number of alkyl carbamates (subject to hydrolysis) is 1. The fourth-order valence-electron chi connectivity index (χ4n) is 5.46. The van der Waals surface area contributed by atoms with Crippen LogP contribution in [0.4, 0.5) is 4.79 Å². The Morgan fingerprint density at radius 2 is 1.63 bits per heavy atom. The highest BCUT2D eigenvalue weighted by molar-refractivity contribution is 5.83. The van der Waals surface area contributed by atoms with E-state index in [1.54, 1.807) is 6.92 Å². The molecule has 2 aromatic carbocycles. The van der Waals surface area contributed by atoms with E-state index in [2.05, 4.69) is 34.9 Å². The minimum atomic E-state index is -1.02. The van der Waals surface area contributed by atoms with Crippen LogP contribution < -0.4 is 10.6 Å². The van der Waals surface area contributed by atoms with Gasteiger partial charge in [-0.15, -0.1) is 0 Å². The van der Waals surface area contributed by atoms with Crippen molar-refractivity contribution in [1.82, 2.24) is 10.6 Å². The molecule has 0 radical (unpaired) electrons. The average Bonchev–Trinajstić information content (AvgIpc) is 3.19. The lowest BCUT2D eigenvalue weighted by Gasteiger charge is -2.32. The molecule has 2 aromatic rings. The van der Waals surface area contributed by atoms with E-state index in [0.29, 0.717) is 12.8 Å². The summed E-state index contributed by atoms with van der Waals surface area (Å²) < 4.78 is 5.72. The van der Waals surface area contributed by atoms with Crippen molar-refractivity contribution < 1.29 is 24.2 Å². The molecule has 186 valence electrons. The number of nitrogens with one attached hydrogen (secondary N) is 2. The predicted molar refractivity (Wildman–Crippen MR) is 133 cm³/mol. The molecule has 2 aliphatic carbocycles. The van der Waals surface area contributed by atoms with Gasteiger partial charge >= 0.3 is 12.1 Å². The van der Waals surface area contributed by atoms with Crippen molar-refractivity contribution in [2.75, 3.05) is 6.61 Å². The number of ether oxygens (including phenoxy) is 1. The van der Waals surface area contributed by atoms with Crippen molar-refractivity contribution in [2.24, 2.45) is 5.92 Å². The van der Waals surface area contributed by atoms with Gasteiger partial charge in [-0.3, -0.25) is 4.79 Å². The second kappa shape index (κ2) is 11.4. The van der Waals surface area contributed by atoms with Crippen LogP contribution in [0, 0.1) is 5.92 Å². The highest BCUT2D eigenvalue weighted by atomic mass is 16.5. The van der Waals surface area contributed by atoms with Gasteiger partial charge in [-0.25, -0.2) is 9.59 Å². The molecule has 0 bridgehead atoms. The number of benzene rings is 2. The summed E-state index contributed by atoms with van der Waals surface area (Å²) in [6.45, 7) is 2.00. The smallest absolute Gasteiger partial charge is 0.407 e. The van der Waals surface area contributed by atoms with Crippen LogP contribution in [0.15, 0.2) is 48.5 Å². The number of hydrogen-bond acceptors (Lipinski definition) is 4. The van der Waals surface area contributed by atoms with E-state index in [-0.39, 0.29) is 36.8 Å². The van der Waals surface area contributed by atoms with Crippen molar-refractivity contribution in [3.8, 4) is 11.1 Å². The van der Waals surface area contributed by atoms with Gasteiger partial charge in [0.25, 0.3) is 0 Å². The lowest BCUT2D eigenvalue weighted by atomic mass is 9.81.